The maximum Gasteiger partial charge on any atom is 0.278 e. The summed E-state index contributed by atoms with van der Waals surface area (Å²) in [5.74, 6) is -3.15. The highest BCUT2D eigenvalue weighted by Gasteiger charge is 2.53. The quantitative estimate of drug-likeness (QED) is 0.0713. The maximum atomic E-state index is 13.1. The predicted octanol–water partition coefficient (Wildman–Crippen LogP) is -2.28. The fourth-order valence-electron chi connectivity index (χ4n) is 4.20. The van der Waals surface area contributed by atoms with Crippen molar-refractivity contribution in [3.05, 3.63) is 40.7 Å². The van der Waals surface area contributed by atoms with E-state index in [9.17, 15) is 28.7 Å². The third-order valence-corrected chi connectivity index (χ3v) is 8.62. The molecule has 0 saturated carbocycles. The number of nitrogen functional groups attached to an aromatic ring is 1. The SMILES string of the molecule is Nc1nc(/C(=N/OCF)C(=O)N[C@@H]2C(=O)N3C(C(=O)[O-])=C(Cn4c[n+]5ccsc5c4CNC=O)CS[C@H]23)ns1. The standard InChI is InChI=1S/C20H18FN9O6S3/c21-6-36-26-11(14-25-20(22)39-27-14)15(32)24-12-16(33)30-13(19(34)35)9(5-38-18(12)30)4-29-8-28-1-2-37-17(28)10(29)3-23-7-31/h1-2,7-8,12,18H,3-6H2,(H4-,22,23,24,25,27,31,32,34,35)/b26-11-/t12-,18-/m1/s1. The topological polar surface area (TPSA) is 201 Å². The van der Waals surface area contributed by atoms with E-state index in [0.29, 0.717) is 12.0 Å². The van der Waals surface area contributed by atoms with E-state index < -0.39 is 41.8 Å². The minimum absolute atomic E-state index is 0.0294. The van der Waals surface area contributed by atoms with E-state index in [4.69, 9.17) is 5.73 Å². The molecule has 19 heteroatoms. The van der Waals surface area contributed by atoms with E-state index in [1.54, 1.807) is 10.9 Å². The van der Waals surface area contributed by atoms with E-state index in [0.717, 1.165) is 27.0 Å². The Morgan fingerprint density at radius 1 is 1.44 bits per heavy atom. The van der Waals surface area contributed by atoms with Gasteiger partial charge in [0.2, 0.25) is 29.1 Å². The van der Waals surface area contributed by atoms with Gasteiger partial charge in [-0.3, -0.25) is 19.3 Å². The van der Waals surface area contributed by atoms with Gasteiger partial charge in [-0.2, -0.15) is 13.8 Å². The van der Waals surface area contributed by atoms with Crippen LogP contribution in [0.3, 0.4) is 0 Å². The van der Waals surface area contributed by atoms with Crippen LogP contribution in [0.15, 0.2) is 34.3 Å². The fourth-order valence-corrected chi connectivity index (χ4v) is 6.85. The van der Waals surface area contributed by atoms with Crippen LogP contribution in [-0.2, 0) is 37.1 Å². The van der Waals surface area contributed by atoms with Gasteiger partial charge in [-0.05, 0) is 0 Å². The lowest BCUT2D eigenvalue weighted by Crippen LogP contribution is -2.71. The second-order valence-corrected chi connectivity index (χ2v) is 10.8. The van der Waals surface area contributed by atoms with Crippen LogP contribution in [0.1, 0.15) is 11.5 Å². The molecule has 3 amide bonds. The van der Waals surface area contributed by atoms with Crippen molar-refractivity contribution < 1.29 is 37.9 Å². The Morgan fingerprint density at radius 3 is 2.95 bits per heavy atom. The third-order valence-electron chi connectivity index (χ3n) is 5.81. The van der Waals surface area contributed by atoms with E-state index in [1.807, 2.05) is 16.0 Å². The molecule has 4 N–H and O–H groups in total. The molecule has 3 aromatic heterocycles. The number of aliphatic carboxylic acids is 1. The first-order valence-corrected chi connectivity index (χ1v) is 13.7. The molecule has 5 rings (SSSR count). The number of amides is 3. The molecule has 204 valence electrons. The number of hydrogen-bond donors (Lipinski definition) is 3. The summed E-state index contributed by atoms with van der Waals surface area (Å²) >= 11 is 3.48. The third kappa shape index (κ3) is 4.90. The number of thiazole rings is 1. The molecule has 0 spiro atoms. The Kier molecular flexibility index (Phi) is 7.44. The first-order valence-electron chi connectivity index (χ1n) is 11.0. The Hall–Kier alpha value is -4.10. The molecule has 5 heterocycles. The number of carboxylic acid groups (broad SMARTS) is 1. The average Bonchev–Trinajstić information content (AvgIpc) is 3.63. The number of anilines is 1. The molecule has 2 aliphatic heterocycles. The largest absolute Gasteiger partial charge is 0.543 e. The molecule has 0 bridgehead atoms. The molecule has 3 aromatic rings. The van der Waals surface area contributed by atoms with Crippen molar-refractivity contribution in [2.75, 3.05) is 18.3 Å². The van der Waals surface area contributed by atoms with Crippen molar-refractivity contribution in [2.24, 2.45) is 5.16 Å². The first kappa shape index (κ1) is 26.5. The van der Waals surface area contributed by atoms with E-state index >= 15 is 0 Å². The Labute approximate surface area is 230 Å². The lowest BCUT2D eigenvalue weighted by Gasteiger charge is -2.50. The van der Waals surface area contributed by atoms with Gasteiger partial charge in [0.05, 0.1) is 18.2 Å². The molecule has 1 fully saturated rings. The highest BCUT2D eigenvalue weighted by Crippen LogP contribution is 2.40. The number of carboxylic acids is 1. The number of alkyl halides is 1. The summed E-state index contributed by atoms with van der Waals surface area (Å²) in [5.41, 5.74) is 5.95. The summed E-state index contributed by atoms with van der Waals surface area (Å²) in [5, 5.41) is 21.8. The highest BCUT2D eigenvalue weighted by molar-refractivity contribution is 8.00. The van der Waals surface area contributed by atoms with Crippen LogP contribution < -0.4 is 25.9 Å². The normalized spacial score (nSPS) is 19.1. The van der Waals surface area contributed by atoms with Crippen LogP contribution in [0.4, 0.5) is 9.52 Å². The Bertz CT molecular complexity index is 1530. The second-order valence-electron chi connectivity index (χ2n) is 8.04. The Morgan fingerprint density at radius 2 is 2.26 bits per heavy atom. The van der Waals surface area contributed by atoms with Gasteiger partial charge in [-0.15, -0.1) is 11.8 Å². The molecule has 1 saturated heterocycles. The number of hydrogen-bond acceptors (Lipinski definition) is 13. The number of thioether (sulfide) groups is 1. The lowest BCUT2D eigenvalue weighted by atomic mass is 10.0. The van der Waals surface area contributed by atoms with Gasteiger partial charge in [0.25, 0.3) is 18.7 Å². The molecule has 0 aliphatic carbocycles. The molecular formula is C20H18FN9O6S3. The zero-order valence-electron chi connectivity index (χ0n) is 19.6. The van der Waals surface area contributed by atoms with Gasteiger partial charge in [0, 0.05) is 28.2 Å². The molecule has 39 heavy (non-hydrogen) atoms. The molecule has 15 nitrogen and oxygen atoms in total. The summed E-state index contributed by atoms with van der Waals surface area (Å²) in [7, 11) is 0. The van der Waals surface area contributed by atoms with Gasteiger partial charge < -0.3 is 31.1 Å². The lowest BCUT2D eigenvalue weighted by molar-refractivity contribution is -0.508. The number of nitrogens with one attached hydrogen (secondary N) is 2. The van der Waals surface area contributed by atoms with E-state index in [-0.39, 0.29) is 35.5 Å². The number of nitrogens with two attached hydrogens (primary N) is 1. The number of oxime groups is 1. The highest BCUT2D eigenvalue weighted by atomic mass is 32.2. The number of rotatable bonds is 11. The molecule has 2 aliphatic rings. The second kappa shape index (κ2) is 10.9. The van der Waals surface area contributed by atoms with Crippen LogP contribution in [0.5, 0.6) is 0 Å². The number of halogens is 1. The van der Waals surface area contributed by atoms with Crippen molar-refractivity contribution in [1.29, 1.82) is 0 Å². The van der Waals surface area contributed by atoms with Crippen LogP contribution in [0.25, 0.3) is 4.83 Å². The van der Waals surface area contributed by atoms with Crippen LogP contribution in [-0.4, -0.2) is 72.8 Å². The number of aromatic nitrogens is 4. The van der Waals surface area contributed by atoms with Gasteiger partial charge in [-0.1, -0.05) is 16.5 Å². The van der Waals surface area contributed by atoms with E-state index in [2.05, 4.69) is 30.0 Å². The minimum Gasteiger partial charge on any atom is -0.543 e. The summed E-state index contributed by atoms with van der Waals surface area (Å²) in [4.78, 5) is 59.1. The molecule has 0 aromatic carbocycles. The summed E-state index contributed by atoms with van der Waals surface area (Å²) in [6.45, 7) is -0.975. The van der Waals surface area contributed by atoms with Crippen molar-refractivity contribution >= 4 is 74.5 Å². The number of nitrogens with zero attached hydrogens (tertiary/aromatic N) is 6. The van der Waals surface area contributed by atoms with Crippen molar-refractivity contribution in [3.63, 3.8) is 0 Å². The van der Waals surface area contributed by atoms with Crippen LogP contribution >= 0.6 is 34.6 Å². The molecule has 2 atom stereocenters. The van der Waals surface area contributed by atoms with Crippen molar-refractivity contribution in [2.45, 2.75) is 24.5 Å². The summed E-state index contributed by atoms with van der Waals surface area (Å²) in [6, 6.07) is -1.11. The van der Waals surface area contributed by atoms with Crippen molar-refractivity contribution in [1.82, 2.24) is 29.5 Å². The summed E-state index contributed by atoms with van der Waals surface area (Å²) in [6.07, 6.45) is 4.17. The van der Waals surface area contributed by atoms with Crippen LogP contribution in [0, 0.1) is 0 Å². The number of carbonyl (C=O) groups is 4. The minimum atomic E-state index is -1.54. The molecule has 0 unspecified atom stereocenters. The Balaban J connectivity index is 1.37. The average molecular weight is 596 g/mol. The zero-order valence-corrected chi connectivity index (χ0v) is 22.1. The van der Waals surface area contributed by atoms with Crippen molar-refractivity contribution in [3.8, 4) is 0 Å². The number of fused-ring (bicyclic) bond motifs is 2. The number of carbonyl (C=O) groups excluding carboxylic acids is 4. The zero-order chi connectivity index (χ0) is 27.7. The van der Waals surface area contributed by atoms with Gasteiger partial charge in [0.15, 0.2) is 10.8 Å². The van der Waals surface area contributed by atoms with Gasteiger partial charge in [0.1, 0.15) is 24.2 Å². The fraction of sp³-hybridized carbons (Fsp3) is 0.300. The predicted molar refractivity (Wildman–Crippen MR) is 133 cm³/mol. The van der Waals surface area contributed by atoms with Crippen LogP contribution in [0.2, 0.25) is 0 Å². The molecular weight excluding hydrogens is 577 g/mol. The van der Waals surface area contributed by atoms with E-state index in [1.165, 1.54) is 23.1 Å². The maximum absolute atomic E-state index is 13.1. The van der Waals surface area contributed by atoms with Gasteiger partial charge >= 0.3 is 0 Å². The van der Waals surface area contributed by atoms with Gasteiger partial charge in [-0.25, -0.2) is 8.96 Å². The number of imidazole rings is 1. The summed E-state index contributed by atoms with van der Waals surface area (Å²) < 4.78 is 20.0. The number of β-lactam (4-membered cyclic amide) rings is 1. The molecule has 0 radical (unpaired) electrons. The monoisotopic (exact) mass is 595 g/mol. The smallest absolute Gasteiger partial charge is 0.278 e. The first-order chi connectivity index (χ1) is 18.8.